The maximum Gasteiger partial charge on any atom is 0.269 e. The summed E-state index contributed by atoms with van der Waals surface area (Å²) in [5.74, 6) is -1.15. The minimum atomic E-state index is -0.986. The largest absolute Gasteiger partial charge is 0.352 e. The van der Waals surface area contributed by atoms with Crippen LogP contribution in [-0.2, 0) is 16.1 Å². The first-order valence-electron chi connectivity index (χ1n) is 10.5. The van der Waals surface area contributed by atoms with Gasteiger partial charge in [0.05, 0.1) is 12.1 Å². The van der Waals surface area contributed by atoms with Crippen LogP contribution in [0.1, 0.15) is 22.3 Å². The lowest BCUT2D eigenvalue weighted by Gasteiger charge is -2.24. The van der Waals surface area contributed by atoms with Crippen molar-refractivity contribution in [2.24, 2.45) is 0 Å². The van der Waals surface area contributed by atoms with Gasteiger partial charge in [-0.1, -0.05) is 64.5 Å². The Labute approximate surface area is 210 Å². The number of rotatable bonds is 7. The molecular weight excluding hydrogens is 516 g/mol. The Morgan fingerprint density at radius 2 is 1.53 bits per heavy atom. The Morgan fingerprint density at radius 1 is 0.912 bits per heavy atom. The summed E-state index contributed by atoms with van der Waals surface area (Å²) in [4.78, 5) is 40.3. The molecule has 172 valence electrons. The van der Waals surface area contributed by atoms with Crippen molar-refractivity contribution in [3.63, 3.8) is 0 Å². The second kappa shape index (κ2) is 10.6. The predicted octanol–water partition coefficient (Wildman–Crippen LogP) is 3.80. The van der Waals surface area contributed by atoms with Gasteiger partial charge in [-0.2, -0.15) is 0 Å². The van der Waals surface area contributed by atoms with Gasteiger partial charge in [0, 0.05) is 16.6 Å². The number of benzene rings is 3. The molecule has 34 heavy (non-hydrogen) atoms. The second-order valence-corrected chi connectivity index (χ2v) is 8.87. The van der Waals surface area contributed by atoms with Crippen LogP contribution in [0.2, 0.25) is 0 Å². The zero-order valence-corrected chi connectivity index (χ0v) is 20.4. The van der Waals surface area contributed by atoms with Gasteiger partial charge in [-0.15, -0.1) is 0 Å². The maximum atomic E-state index is 13.4. The van der Waals surface area contributed by atoms with Crippen LogP contribution in [-0.4, -0.2) is 33.9 Å². The topological polar surface area (TPSA) is 81.8 Å². The molecule has 1 saturated heterocycles. The van der Waals surface area contributed by atoms with E-state index in [-0.39, 0.29) is 17.4 Å². The number of amides is 3. The van der Waals surface area contributed by atoms with E-state index in [1.54, 1.807) is 54.6 Å². The predicted molar refractivity (Wildman–Crippen MR) is 137 cm³/mol. The number of hydrazine groups is 1. The van der Waals surface area contributed by atoms with Crippen LogP contribution in [0.5, 0.6) is 0 Å². The highest BCUT2D eigenvalue weighted by Crippen LogP contribution is 2.27. The van der Waals surface area contributed by atoms with Gasteiger partial charge >= 0.3 is 0 Å². The minimum absolute atomic E-state index is 0.0949. The smallest absolute Gasteiger partial charge is 0.269 e. The molecule has 1 unspecified atom stereocenters. The molecule has 9 heteroatoms. The van der Waals surface area contributed by atoms with Gasteiger partial charge in [0.1, 0.15) is 6.04 Å². The SMILES string of the molecule is O=C(CC1C(=O)N(c2ccc(Br)cc2)C(=S)N1NC(=O)c1ccccc1)NCc1ccccc1. The molecule has 1 fully saturated rings. The summed E-state index contributed by atoms with van der Waals surface area (Å²) < 4.78 is 0.847. The molecule has 0 radical (unpaired) electrons. The molecule has 0 aromatic heterocycles. The van der Waals surface area contributed by atoms with E-state index in [1.165, 1.54) is 9.91 Å². The Kier molecular flexibility index (Phi) is 7.34. The lowest BCUT2D eigenvalue weighted by Crippen LogP contribution is -2.50. The van der Waals surface area contributed by atoms with Crippen molar-refractivity contribution in [1.29, 1.82) is 0 Å². The molecule has 1 heterocycles. The molecule has 0 spiro atoms. The number of carbonyl (C=O) groups excluding carboxylic acids is 3. The Balaban J connectivity index is 1.55. The van der Waals surface area contributed by atoms with Gasteiger partial charge in [-0.3, -0.25) is 24.7 Å². The number of carbonyl (C=O) groups is 3. The van der Waals surface area contributed by atoms with Crippen LogP contribution in [0.25, 0.3) is 0 Å². The van der Waals surface area contributed by atoms with Gasteiger partial charge in [-0.25, -0.2) is 5.01 Å². The summed E-state index contributed by atoms with van der Waals surface area (Å²) in [6, 6.07) is 24.1. The summed E-state index contributed by atoms with van der Waals surface area (Å²) in [7, 11) is 0. The number of nitrogens with one attached hydrogen (secondary N) is 2. The standard InChI is InChI=1S/C25H21BrN4O3S/c26-19-11-13-20(14-12-19)29-24(33)21(15-22(31)27-16-17-7-3-1-4-8-17)30(25(29)34)28-23(32)18-9-5-2-6-10-18/h1-14,21H,15-16H2,(H,27,31)(H,28,32). The van der Waals surface area contributed by atoms with Crippen molar-refractivity contribution < 1.29 is 14.4 Å². The fraction of sp³-hybridized carbons (Fsp3) is 0.120. The normalized spacial score (nSPS) is 15.4. The third-order valence-electron chi connectivity index (χ3n) is 5.27. The van der Waals surface area contributed by atoms with Crippen molar-refractivity contribution in [1.82, 2.24) is 15.8 Å². The zero-order chi connectivity index (χ0) is 24.1. The summed E-state index contributed by atoms with van der Waals surface area (Å²) in [5, 5.41) is 4.23. The summed E-state index contributed by atoms with van der Waals surface area (Å²) >= 11 is 8.95. The van der Waals surface area contributed by atoms with Crippen molar-refractivity contribution in [2.75, 3.05) is 4.90 Å². The van der Waals surface area contributed by atoms with E-state index in [0.29, 0.717) is 17.8 Å². The molecule has 3 amide bonds. The first-order chi connectivity index (χ1) is 16.4. The number of nitrogens with zero attached hydrogens (tertiary/aromatic N) is 2. The molecule has 4 rings (SSSR count). The third-order valence-corrected chi connectivity index (χ3v) is 6.18. The van der Waals surface area contributed by atoms with Crippen molar-refractivity contribution in [2.45, 2.75) is 19.0 Å². The highest BCUT2D eigenvalue weighted by atomic mass is 79.9. The van der Waals surface area contributed by atoms with E-state index >= 15 is 0 Å². The fourth-order valence-electron chi connectivity index (χ4n) is 3.53. The average Bonchev–Trinajstić information content (AvgIpc) is 3.08. The van der Waals surface area contributed by atoms with Crippen LogP contribution in [0, 0.1) is 0 Å². The number of hydrogen-bond donors (Lipinski definition) is 2. The molecule has 0 saturated carbocycles. The summed E-state index contributed by atoms with van der Waals surface area (Å²) in [5.41, 5.74) is 4.61. The molecule has 3 aromatic carbocycles. The quantitative estimate of drug-likeness (QED) is 0.449. The lowest BCUT2D eigenvalue weighted by atomic mass is 10.1. The van der Waals surface area contributed by atoms with Gasteiger partial charge in [0.2, 0.25) is 11.0 Å². The third kappa shape index (κ3) is 5.32. The van der Waals surface area contributed by atoms with Crippen LogP contribution in [0.3, 0.4) is 0 Å². The van der Waals surface area contributed by atoms with E-state index < -0.39 is 17.9 Å². The number of anilines is 1. The molecule has 1 atom stereocenters. The first-order valence-corrected chi connectivity index (χ1v) is 11.7. The first kappa shape index (κ1) is 23.6. The molecule has 2 N–H and O–H groups in total. The molecule has 1 aliphatic rings. The van der Waals surface area contributed by atoms with Gasteiger partial charge in [0.25, 0.3) is 11.8 Å². The van der Waals surface area contributed by atoms with E-state index in [2.05, 4.69) is 26.7 Å². The molecule has 1 aliphatic heterocycles. The van der Waals surface area contributed by atoms with Gasteiger partial charge in [-0.05, 0) is 54.2 Å². The van der Waals surface area contributed by atoms with Crippen molar-refractivity contribution in [3.05, 3.63) is 101 Å². The van der Waals surface area contributed by atoms with Gasteiger partial charge < -0.3 is 5.32 Å². The van der Waals surface area contributed by atoms with E-state index in [4.69, 9.17) is 12.2 Å². The van der Waals surface area contributed by atoms with Crippen LogP contribution in [0.4, 0.5) is 5.69 Å². The molecule has 7 nitrogen and oxygen atoms in total. The summed E-state index contributed by atoms with van der Waals surface area (Å²) in [6.45, 7) is 0.331. The lowest BCUT2D eigenvalue weighted by molar-refractivity contribution is -0.127. The highest BCUT2D eigenvalue weighted by Gasteiger charge is 2.45. The van der Waals surface area contributed by atoms with Crippen LogP contribution < -0.4 is 15.6 Å². The zero-order valence-electron chi connectivity index (χ0n) is 18.0. The van der Waals surface area contributed by atoms with Crippen molar-refractivity contribution >= 4 is 56.7 Å². The number of thiocarbonyl (C=S) groups is 1. The number of hydrogen-bond acceptors (Lipinski definition) is 4. The Morgan fingerprint density at radius 3 is 2.18 bits per heavy atom. The molecule has 3 aromatic rings. The van der Waals surface area contributed by atoms with Crippen LogP contribution in [0.15, 0.2) is 89.4 Å². The second-order valence-electron chi connectivity index (χ2n) is 7.59. The molecule has 0 aliphatic carbocycles. The molecular formula is C25H21BrN4O3S. The maximum absolute atomic E-state index is 13.4. The molecule has 0 bridgehead atoms. The monoisotopic (exact) mass is 536 g/mol. The van der Waals surface area contributed by atoms with Crippen molar-refractivity contribution in [3.8, 4) is 0 Å². The van der Waals surface area contributed by atoms with E-state index in [0.717, 1.165) is 10.0 Å². The highest BCUT2D eigenvalue weighted by molar-refractivity contribution is 9.10. The number of halogens is 1. The van der Waals surface area contributed by atoms with E-state index in [9.17, 15) is 14.4 Å². The summed E-state index contributed by atoms with van der Waals surface area (Å²) in [6.07, 6.45) is -0.173. The van der Waals surface area contributed by atoms with E-state index in [1.807, 2.05) is 30.3 Å². The fourth-order valence-corrected chi connectivity index (χ4v) is 4.17. The van der Waals surface area contributed by atoms with Crippen LogP contribution >= 0.6 is 28.1 Å². The Hall–Kier alpha value is -3.56. The van der Waals surface area contributed by atoms with Gasteiger partial charge in [0.15, 0.2) is 0 Å². The average molecular weight is 537 g/mol. The Bertz CT molecular complexity index is 1210. The minimum Gasteiger partial charge on any atom is -0.352 e.